The number of nitrogens with zero attached hydrogens (tertiary/aromatic N) is 1. The van der Waals surface area contributed by atoms with Crippen LogP contribution in [-0.2, 0) is 6.42 Å². The van der Waals surface area contributed by atoms with E-state index in [2.05, 4.69) is 29.2 Å². The van der Waals surface area contributed by atoms with Gasteiger partial charge in [0.05, 0.1) is 0 Å². The van der Waals surface area contributed by atoms with Gasteiger partial charge in [0.1, 0.15) is 6.17 Å². The number of piperidine rings is 1. The van der Waals surface area contributed by atoms with Crippen molar-refractivity contribution in [3.05, 3.63) is 35.9 Å². The predicted molar refractivity (Wildman–Crippen MR) is 60.7 cm³/mol. The minimum atomic E-state index is -0.602. The van der Waals surface area contributed by atoms with Crippen LogP contribution in [0.25, 0.3) is 0 Å². The first kappa shape index (κ1) is 10.6. The lowest BCUT2D eigenvalue weighted by atomic mass is 10.1. The summed E-state index contributed by atoms with van der Waals surface area (Å²) < 4.78 is 13.1. The van der Waals surface area contributed by atoms with Gasteiger partial charge >= 0.3 is 0 Å². The van der Waals surface area contributed by atoms with Gasteiger partial charge in [0, 0.05) is 13.1 Å². The zero-order valence-corrected chi connectivity index (χ0v) is 9.03. The molecule has 0 N–H and O–H groups in total. The highest BCUT2D eigenvalue weighted by molar-refractivity contribution is 5.14. The van der Waals surface area contributed by atoms with E-state index < -0.39 is 6.17 Å². The Morgan fingerprint density at radius 2 is 2.07 bits per heavy atom. The highest BCUT2D eigenvalue weighted by atomic mass is 19.1. The third kappa shape index (κ3) is 3.31. The first-order chi connectivity index (χ1) is 7.34. The maximum absolute atomic E-state index is 13.1. The smallest absolute Gasteiger partial charge is 0.113 e. The molecule has 1 aliphatic heterocycles. The average Bonchev–Trinajstić information content (AvgIpc) is 2.28. The molecule has 1 nitrogen and oxygen atoms in total. The highest BCUT2D eigenvalue weighted by Crippen LogP contribution is 2.13. The second-order valence-electron chi connectivity index (χ2n) is 4.28. The Labute approximate surface area is 90.9 Å². The Hall–Kier alpha value is -0.890. The van der Waals surface area contributed by atoms with Gasteiger partial charge in [-0.25, -0.2) is 4.39 Å². The molecule has 0 bridgehead atoms. The molecule has 0 amide bonds. The molecular formula is C13H18FN. The van der Waals surface area contributed by atoms with E-state index in [1.54, 1.807) is 0 Å². The maximum atomic E-state index is 13.1. The van der Waals surface area contributed by atoms with Gasteiger partial charge in [0.2, 0.25) is 0 Å². The second-order valence-corrected chi connectivity index (χ2v) is 4.28. The van der Waals surface area contributed by atoms with Gasteiger partial charge in [-0.3, -0.25) is 0 Å². The fraction of sp³-hybridized carbons (Fsp3) is 0.538. The van der Waals surface area contributed by atoms with Crippen LogP contribution in [0.4, 0.5) is 4.39 Å². The van der Waals surface area contributed by atoms with Crippen LogP contribution in [0, 0.1) is 0 Å². The van der Waals surface area contributed by atoms with E-state index in [0.717, 1.165) is 32.4 Å². The normalized spacial score (nSPS) is 22.9. The van der Waals surface area contributed by atoms with Crippen LogP contribution >= 0.6 is 0 Å². The SMILES string of the molecule is F[C@@H]1CCCN(CCc2ccccc2)C1. The number of rotatable bonds is 3. The third-order valence-corrected chi connectivity index (χ3v) is 3.01. The number of hydrogen-bond donors (Lipinski definition) is 0. The van der Waals surface area contributed by atoms with Gasteiger partial charge in [-0.05, 0) is 31.4 Å². The Bertz CT molecular complexity index is 286. The summed E-state index contributed by atoms with van der Waals surface area (Å²) in [6, 6.07) is 10.4. The Morgan fingerprint density at radius 3 is 2.80 bits per heavy atom. The fourth-order valence-corrected chi connectivity index (χ4v) is 2.13. The van der Waals surface area contributed by atoms with Gasteiger partial charge in [-0.2, -0.15) is 0 Å². The lowest BCUT2D eigenvalue weighted by Gasteiger charge is -2.28. The van der Waals surface area contributed by atoms with Gasteiger partial charge in [-0.1, -0.05) is 30.3 Å². The van der Waals surface area contributed by atoms with Crippen molar-refractivity contribution in [2.45, 2.75) is 25.4 Å². The molecule has 0 saturated carbocycles. The molecule has 1 aromatic carbocycles. The molecule has 2 heteroatoms. The van der Waals surface area contributed by atoms with Crippen LogP contribution < -0.4 is 0 Å². The average molecular weight is 207 g/mol. The van der Waals surface area contributed by atoms with Crippen molar-refractivity contribution in [3.63, 3.8) is 0 Å². The van der Waals surface area contributed by atoms with Crippen molar-refractivity contribution in [1.82, 2.24) is 4.90 Å². The molecule has 15 heavy (non-hydrogen) atoms. The van der Waals surface area contributed by atoms with E-state index in [1.807, 2.05) is 6.07 Å². The first-order valence-corrected chi connectivity index (χ1v) is 5.75. The summed E-state index contributed by atoms with van der Waals surface area (Å²) in [6.45, 7) is 2.69. The lowest BCUT2D eigenvalue weighted by Crippen LogP contribution is -2.37. The molecule has 1 saturated heterocycles. The van der Waals surface area contributed by atoms with E-state index in [4.69, 9.17) is 0 Å². The fourth-order valence-electron chi connectivity index (χ4n) is 2.13. The molecule has 0 aromatic heterocycles. The molecule has 1 fully saturated rings. The van der Waals surface area contributed by atoms with E-state index in [1.165, 1.54) is 5.56 Å². The monoisotopic (exact) mass is 207 g/mol. The quantitative estimate of drug-likeness (QED) is 0.736. The number of alkyl halides is 1. The Morgan fingerprint density at radius 1 is 1.27 bits per heavy atom. The maximum Gasteiger partial charge on any atom is 0.113 e. The van der Waals surface area contributed by atoms with Crippen LogP contribution in [0.1, 0.15) is 18.4 Å². The summed E-state index contributed by atoms with van der Waals surface area (Å²) in [6.07, 6.45) is 2.19. The molecular weight excluding hydrogens is 189 g/mol. The van der Waals surface area contributed by atoms with Crippen molar-refractivity contribution in [2.75, 3.05) is 19.6 Å². The molecule has 0 unspecified atom stereocenters. The van der Waals surface area contributed by atoms with Crippen molar-refractivity contribution >= 4 is 0 Å². The summed E-state index contributed by atoms with van der Waals surface area (Å²) in [5, 5.41) is 0. The topological polar surface area (TPSA) is 3.24 Å². The van der Waals surface area contributed by atoms with Crippen LogP contribution in [0.2, 0.25) is 0 Å². The molecule has 1 atom stereocenters. The van der Waals surface area contributed by atoms with Gasteiger partial charge in [0.25, 0.3) is 0 Å². The van der Waals surface area contributed by atoms with Gasteiger partial charge < -0.3 is 4.90 Å². The largest absolute Gasteiger partial charge is 0.300 e. The molecule has 0 spiro atoms. The van der Waals surface area contributed by atoms with Crippen LogP contribution in [0.5, 0.6) is 0 Å². The molecule has 1 heterocycles. The van der Waals surface area contributed by atoms with Crippen molar-refractivity contribution in [1.29, 1.82) is 0 Å². The van der Waals surface area contributed by atoms with E-state index >= 15 is 0 Å². The summed E-state index contributed by atoms with van der Waals surface area (Å²) >= 11 is 0. The molecule has 1 aliphatic rings. The van der Waals surface area contributed by atoms with Crippen LogP contribution in [0.3, 0.4) is 0 Å². The number of hydrogen-bond acceptors (Lipinski definition) is 1. The first-order valence-electron chi connectivity index (χ1n) is 5.75. The number of benzene rings is 1. The van der Waals surface area contributed by atoms with Crippen LogP contribution in [-0.4, -0.2) is 30.7 Å². The van der Waals surface area contributed by atoms with Crippen molar-refractivity contribution in [3.8, 4) is 0 Å². The van der Waals surface area contributed by atoms with Crippen molar-refractivity contribution in [2.24, 2.45) is 0 Å². The van der Waals surface area contributed by atoms with Crippen molar-refractivity contribution < 1.29 is 4.39 Å². The summed E-state index contributed by atoms with van der Waals surface area (Å²) in [5.74, 6) is 0. The van der Waals surface area contributed by atoms with E-state index in [0.29, 0.717) is 6.54 Å². The third-order valence-electron chi connectivity index (χ3n) is 3.01. The standard InChI is InChI=1S/C13H18FN/c14-13-7-4-9-15(11-13)10-8-12-5-2-1-3-6-12/h1-3,5-6,13H,4,7-11H2/t13-/m1/s1. The zero-order chi connectivity index (χ0) is 10.5. The minimum Gasteiger partial charge on any atom is -0.300 e. The van der Waals surface area contributed by atoms with E-state index in [-0.39, 0.29) is 0 Å². The predicted octanol–water partition coefficient (Wildman–Crippen LogP) is 2.66. The van der Waals surface area contributed by atoms with Gasteiger partial charge in [0.15, 0.2) is 0 Å². The minimum absolute atomic E-state index is 0.602. The summed E-state index contributed by atoms with van der Waals surface area (Å²) in [5.41, 5.74) is 1.35. The number of halogens is 1. The molecule has 0 radical (unpaired) electrons. The summed E-state index contributed by atoms with van der Waals surface area (Å²) in [7, 11) is 0. The Kier molecular flexibility index (Phi) is 3.73. The van der Waals surface area contributed by atoms with Gasteiger partial charge in [-0.15, -0.1) is 0 Å². The lowest BCUT2D eigenvalue weighted by molar-refractivity contribution is 0.140. The Balaban J connectivity index is 1.78. The molecule has 2 rings (SSSR count). The molecule has 1 aromatic rings. The highest BCUT2D eigenvalue weighted by Gasteiger charge is 2.18. The second kappa shape index (κ2) is 5.26. The zero-order valence-electron chi connectivity index (χ0n) is 9.03. The van der Waals surface area contributed by atoms with E-state index in [9.17, 15) is 4.39 Å². The molecule has 0 aliphatic carbocycles. The number of likely N-dealkylation sites (tertiary alicyclic amines) is 1. The summed E-state index contributed by atoms with van der Waals surface area (Å²) in [4.78, 5) is 2.24. The van der Waals surface area contributed by atoms with Crippen LogP contribution in [0.15, 0.2) is 30.3 Å². The molecule has 82 valence electrons.